The molecule has 26 heavy (non-hydrogen) atoms. The first-order chi connectivity index (χ1) is 12.5. The van der Waals surface area contributed by atoms with Gasteiger partial charge in [-0.25, -0.2) is 4.79 Å². The van der Waals surface area contributed by atoms with Crippen LogP contribution in [0.5, 0.6) is 0 Å². The molecule has 2 aliphatic heterocycles. The van der Waals surface area contributed by atoms with Crippen LogP contribution in [0.2, 0.25) is 0 Å². The van der Waals surface area contributed by atoms with Crippen molar-refractivity contribution in [3.05, 3.63) is 0 Å². The smallest absolute Gasteiger partial charge is 0.413 e. The van der Waals surface area contributed by atoms with Crippen LogP contribution in [0.15, 0.2) is 0 Å². The molecule has 5 unspecified atom stereocenters. The summed E-state index contributed by atoms with van der Waals surface area (Å²) in [5.74, 6) is 0.644. The number of imide groups is 1. The fourth-order valence-electron chi connectivity index (χ4n) is 4.57. The summed E-state index contributed by atoms with van der Waals surface area (Å²) in [6.45, 7) is 1.91. The molecule has 2 heterocycles. The molecule has 3 amide bonds. The van der Waals surface area contributed by atoms with Crippen LogP contribution in [0.3, 0.4) is 0 Å². The van der Waals surface area contributed by atoms with E-state index < -0.39 is 12.0 Å². The van der Waals surface area contributed by atoms with E-state index in [1.54, 1.807) is 18.7 Å². The maximum Gasteiger partial charge on any atom is 0.413 e. The van der Waals surface area contributed by atoms with E-state index in [9.17, 15) is 14.4 Å². The molecule has 146 valence electrons. The van der Waals surface area contributed by atoms with Gasteiger partial charge in [-0.2, -0.15) is 0 Å². The van der Waals surface area contributed by atoms with Gasteiger partial charge in [0, 0.05) is 6.04 Å². The summed E-state index contributed by atoms with van der Waals surface area (Å²) in [7, 11) is 2.05. The van der Waals surface area contributed by atoms with Crippen LogP contribution in [0, 0.1) is 11.8 Å². The molecule has 1 saturated carbocycles. The molecule has 0 radical (unpaired) electrons. The second-order valence-corrected chi connectivity index (χ2v) is 8.68. The van der Waals surface area contributed by atoms with Crippen molar-refractivity contribution in [1.29, 1.82) is 0 Å². The predicted molar refractivity (Wildman–Crippen MR) is 99.6 cm³/mol. The van der Waals surface area contributed by atoms with E-state index >= 15 is 0 Å². The molecule has 0 spiro atoms. The number of fused-ring (bicyclic) bond motifs is 1. The Kier molecular flexibility index (Phi) is 6.45. The van der Waals surface area contributed by atoms with Crippen LogP contribution in [0.1, 0.15) is 45.4 Å². The minimum atomic E-state index is -0.723. The fraction of sp³-hybridized carbons (Fsp3) is 0.833. The Morgan fingerprint density at radius 3 is 2.65 bits per heavy atom. The highest BCUT2D eigenvalue weighted by atomic mass is 32.2. The van der Waals surface area contributed by atoms with Gasteiger partial charge < -0.3 is 10.1 Å². The van der Waals surface area contributed by atoms with Crippen LogP contribution in [-0.4, -0.2) is 59.7 Å². The molecule has 0 aromatic rings. The van der Waals surface area contributed by atoms with E-state index in [0.717, 1.165) is 12.2 Å². The van der Waals surface area contributed by atoms with Gasteiger partial charge in [0.2, 0.25) is 11.8 Å². The number of ether oxygens (including phenoxy) is 1. The second kappa shape index (κ2) is 8.61. The van der Waals surface area contributed by atoms with E-state index in [1.807, 2.05) is 7.05 Å². The normalized spacial score (nSPS) is 34.2. The molecule has 3 rings (SSSR count). The van der Waals surface area contributed by atoms with Crippen molar-refractivity contribution in [1.82, 2.24) is 15.5 Å². The third-order valence-electron chi connectivity index (χ3n) is 5.93. The zero-order valence-corrected chi connectivity index (χ0v) is 16.3. The largest absolute Gasteiger partial charge is 0.450 e. The van der Waals surface area contributed by atoms with E-state index in [0.29, 0.717) is 18.4 Å². The van der Waals surface area contributed by atoms with E-state index in [-0.39, 0.29) is 29.8 Å². The molecule has 7 nitrogen and oxygen atoms in total. The highest BCUT2D eigenvalue weighted by Crippen LogP contribution is 2.39. The van der Waals surface area contributed by atoms with Crippen LogP contribution >= 0.6 is 11.8 Å². The summed E-state index contributed by atoms with van der Waals surface area (Å²) in [5, 5.41) is 5.05. The van der Waals surface area contributed by atoms with Gasteiger partial charge >= 0.3 is 6.09 Å². The first-order valence-corrected chi connectivity index (χ1v) is 10.7. The first-order valence-electron chi connectivity index (χ1n) is 9.62. The van der Waals surface area contributed by atoms with Gasteiger partial charge in [0.1, 0.15) is 0 Å². The summed E-state index contributed by atoms with van der Waals surface area (Å²) in [6, 6.07) is 0.400. The number of nitrogens with one attached hydrogen (secondary N) is 2. The zero-order chi connectivity index (χ0) is 18.7. The summed E-state index contributed by atoms with van der Waals surface area (Å²) in [5.41, 5.74) is 0. The number of hydrogen-bond acceptors (Lipinski definition) is 6. The Hall–Kier alpha value is -1.28. The summed E-state index contributed by atoms with van der Waals surface area (Å²) in [4.78, 5) is 38.9. The molecule has 0 aromatic heterocycles. The van der Waals surface area contributed by atoms with Crippen LogP contribution in [-0.2, 0) is 14.3 Å². The topological polar surface area (TPSA) is 87.7 Å². The maximum absolute atomic E-state index is 12.9. The van der Waals surface area contributed by atoms with Gasteiger partial charge in [-0.15, -0.1) is 11.8 Å². The molecule has 5 atom stereocenters. The number of likely N-dealkylation sites (tertiary alicyclic amines) is 1. The number of hydrogen-bond donors (Lipinski definition) is 2. The van der Waals surface area contributed by atoms with Crippen molar-refractivity contribution < 1.29 is 19.1 Å². The monoisotopic (exact) mass is 383 g/mol. The molecule has 2 saturated heterocycles. The quantitative estimate of drug-likeness (QED) is 0.769. The van der Waals surface area contributed by atoms with Gasteiger partial charge in [-0.3, -0.25) is 19.8 Å². The van der Waals surface area contributed by atoms with Crippen molar-refractivity contribution in [2.45, 2.75) is 62.9 Å². The number of carbonyl (C=O) groups excluding carboxylic acids is 3. The predicted octanol–water partition coefficient (Wildman–Crippen LogP) is 1.72. The lowest BCUT2D eigenvalue weighted by Gasteiger charge is -2.30. The van der Waals surface area contributed by atoms with Gasteiger partial charge in [-0.05, 0) is 51.3 Å². The lowest BCUT2D eigenvalue weighted by atomic mass is 9.85. The maximum atomic E-state index is 12.9. The van der Waals surface area contributed by atoms with E-state index in [1.165, 1.54) is 25.7 Å². The molecular weight excluding hydrogens is 354 g/mol. The van der Waals surface area contributed by atoms with Crippen molar-refractivity contribution in [3.8, 4) is 0 Å². The average Bonchev–Trinajstić information content (AvgIpc) is 3.20. The lowest BCUT2D eigenvalue weighted by Crippen LogP contribution is -2.50. The third-order valence-corrected chi connectivity index (χ3v) is 7.20. The molecule has 0 bridgehead atoms. The Bertz CT molecular complexity index is 559. The van der Waals surface area contributed by atoms with Crippen molar-refractivity contribution in [2.24, 2.45) is 11.8 Å². The van der Waals surface area contributed by atoms with Crippen molar-refractivity contribution >= 4 is 29.7 Å². The van der Waals surface area contributed by atoms with Gasteiger partial charge in [0.05, 0.1) is 23.9 Å². The Morgan fingerprint density at radius 1 is 1.15 bits per heavy atom. The molecule has 3 fully saturated rings. The molecule has 0 aromatic carbocycles. The standard InChI is InChI=1S/C18H29N3O4S/c1-3-25-18(24)20-15(22)12-8-9-26-17(12)19-16(23)14-10-11-6-4-5-7-13(11)21(14)2/h11-14,17H,3-10H2,1-2H3,(H,19,23)(H,20,22,24). The SMILES string of the molecule is CCOC(=O)NC(=O)C1CCSC1NC(=O)C1CC2CCCCC2N1C. The van der Waals surface area contributed by atoms with Crippen LogP contribution in [0.25, 0.3) is 0 Å². The number of alkyl carbamates (subject to hydrolysis) is 1. The third kappa shape index (κ3) is 4.17. The molecular formula is C18H29N3O4S. The molecule has 8 heteroatoms. The van der Waals surface area contributed by atoms with E-state index in [2.05, 4.69) is 15.5 Å². The number of likely N-dealkylation sites (N-methyl/N-ethyl adjacent to an activating group) is 1. The number of carbonyl (C=O) groups is 3. The van der Waals surface area contributed by atoms with Crippen LogP contribution < -0.4 is 10.6 Å². The summed E-state index contributed by atoms with van der Waals surface area (Å²) < 4.78 is 4.77. The Morgan fingerprint density at radius 2 is 1.92 bits per heavy atom. The summed E-state index contributed by atoms with van der Waals surface area (Å²) >= 11 is 1.57. The average molecular weight is 384 g/mol. The van der Waals surface area contributed by atoms with Gasteiger partial charge in [0.15, 0.2) is 0 Å². The Balaban J connectivity index is 1.56. The number of thioether (sulfide) groups is 1. The second-order valence-electron chi connectivity index (χ2n) is 7.43. The number of amides is 3. The molecule has 2 N–H and O–H groups in total. The summed E-state index contributed by atoms with van der Waals surface area (Å²) in [6.07, 6.45) is 5.72. The first kappa shape index (κ1) is 19.5. The Labute approximate surface area is 159 Å². The highest BCUT2D eigenvalue weighted by Gasteiger charge is 2.44. The van der Waals surface area contributed by atoms with Gasteiger partial charge in [-0.1, -0.05) is 12.8 Å². The lowest BCUT2D eigenvalue weighted by molar-refractivity contribution is -0.127. The minimum absolute atomic E-state index is 0.00948. The van der Waals surface area contributed by atoms with Crippen molar-refractivity contribution in [3.63, 3.8) is 0 Å². The fourth-order valence-corrected chi connectivity index (χ4v) is 5.91. The molecule has 1 aliphatic carbocycles. The van der Waals surface area contributed by atoms with Gasteiger partial charge in [0.25, 0.3) is 0 Å². The molecule has 3 aliphatic rings. The highest BCUT2D eigenvalue weighted by molar-refractivity contribution is 8.00. The number of rotatable bonds is 4. The minimum Gasteiger partial charge on any atom is -0.450 e. The number of nitrogens with zero attached hydrogens (tertiary/aromatic N) is 1. The zero-order valence-electron chi connectivity index (χ0n) is 15.5. The van der Waals surface area contributed by atoms with Crippen LogP contribution in [0.4, 0.5) is 4.79 Å². The van der Waals surface area contributed by atoms with Crippen molar-refractivity contribution in [2.75, 3.05) is 19.4 Å². The van der Waals surface area contributed by atoms with E-state index in [4.69, 9.17) is 4.74 Å².